The molecular formula is C27H35ClF3N3O3S. The van der Waals surface area contributed by atoms with E-state index in [2.05, 4.69) is 5.32 Å². The van der Waals surface area contributed by atoms with E-state index in [1.54, 1.807) is 16.4 Å². The molecule has 38 heavy (non-hydrogen) atoms. The number of rotatable bonds is 10. The summed E-state index contributed by atoms with van der Waals surface area (Å²) < 4.78 is 67.0. The minimum Gasteiger partial charge on any atom is -0.366 e. The topological polar surface area (TPSA) is 78.8 Å². The molecule has 6 nitrogen and oxygen atoms in total. The lowest BCUT2D eigenvalue weighted by atomic mass is 9.38. The highest BCUT2D eigenvalue weighted by molar-refractivity contribution is 7.89. The molecule has 0 saturated heterocycles. The van der Waals surface area contributed by atoms with E-state index in [-0.39, 0.29) is 35.8 Å². The van der Waals surface area contributed by atoms with Crippen molar-refractivity contribution >= 4 is 33.2 Å². The first-order valence-electron chi connectivity index (χ1n) is 13.4. The summed E-state index contributed by atoms with van der Waals surface area (Å²) in [6.07, 6.45) is -0.611. The predicted octanol–water partition coefficient (Wildman–Crippen LogP) is 5.79. The average Bonchev–Trinajstić information content (AvgIpc) is 3.40. The number of aliphatic imine (C=N–C) groups is 1. The zero-order chi connectivity index (χ0) is 27.6. The zero-order valence-electron chi connectivity index (χ0n) is 21.8. The van der Waals surface area contributed by atoms with Crippen molar-refractivity contribution in [2.75, 3.05) is 0 Å². The molecule has 0 spiro atoms. The highest BCUT2D eigenvalue weighted by Gasteiger charge is 2.75. The molecule has 6 rings (SSSR count). The summed E-state index contributed by atoms with van der Waals surface area (Å²) >= 11 is 6.05. The van der Waals surface area contributed by atoms with Gasteiger partial charge in [-0.25, -0.2) is 8.42 Å². The number of alkyl halides is 3. The molecule has 4 saturated carbocycles. The van der Waals surface area contributed by atoms with Crippen molar-refractivity contribution in [1.82, 2.24) is 9.62 Å². The molecule has 0 radical (unpaired) electrons. The fourth-order valence-electron chi connectivity index (χ4n) is 6.94. The molecule has 1 aromatic rings. The summed E-state index contributed by atoms with van der Waals surface area (Å²) in [4.78, 5) is 17.5. The highest BCUT2D eigenvalue weighted by Crippen LogP contribution is 2.71. The number of carbonyl (C=O) groups is 1. The fourth-order valence-corrected chi connectivity index (χ4v) is 9.42. The Balaban J connectivity index is 1.32. The van der Waals surface area contributed by atoms with Gasteiger partial charge in [0.15, 0.2) is 5.78 Å². The SMILES string of the molecule is CC1(C)NC(C23CC(N(Cc4ccc(Cl)cc4)S(=O)(=O)C4CCCC4)(C2)C3)=N[C@H]1C(=O)CCCC(F)(F)F. The molecule has 2 bridgehead atoms. The van der Waals surface area contributed by atoms with Crippen molar-refractivity contribution in [1.29, 1.82) is 0 Å². The number of nitrogens with zero attached hydrogens (tertiary/aromatic N) is 2. The largest absolute Gasteiger partial charge is 0.389 e. The van der Waals surface area contributed by atoms with E-state index in [0.717, 1.165) is 18.4 Å². The second-order valence-corrected chi connectivity index (χ2v) is 14.9. The Kier molecular flexibility index (Phi) is 6.96. The van der Waals surface area contributed by atoms with Crippen LogP contribution in [0.3, 0.4) is 0 Å². The summed E-state index contributed by atoms with van der Waals surface area (Å²) in [6.45, 7) is 3.97. The van der Waals surface area contributed by atoms with Crippen LogP contribution in [0.5, 0.6) is 0 Å². The number of hydrogen-bond donors (Lipinski definition) is 1. The number of hydrogen-bond acceptors (Lipinski definition) is 5. The zero-order valence-corrected chi connectivity index (χ0v) is 23.4. The van der Waals surface area contributed by atoms with Crippen LogP contribution in [0.15, 0.2) is 29.3 Å². The van der Waals surface area contributed by atoms with E-state index < -0.39 is 39.7 Å². The second kappa shape index (κ2) is 9.47. The van der Waals surface area contributed by atoms with Gasteiger partial charge in [-0.05, 0) is 70.1 Å². The first kappa shape index (κ1) is 27.9. The molecule has 5 aliphatic rings. The van der Waals surface area contributed by atoms with Crippen LogP contribution in [0.4, 0.5) is 13.2 Å². The van der Waals surface area contributed by atoms with Gasteiger partial charge in [-0.1, -0.05) is 36.6 Å². The standard InChI is InChI=1S/C27H35ClF3N3O3S/c1-24(2)22(21(35)8-5-13-27(29,30)31)32-23(33-24)25-15-26(16-25,17-25)34(14-18-9-11-19(28)12-10-18)38(36,37)20-6-3-4-7-20/h9-12,20,22H,3-8,13-17H2,1-2H3,(H,32,33)/t22-,25?,26?/m0/s1. The summed E-state index contributed by atoms with van der Waals surface area (Å²) in [5, 5.41) is 3.61. The second-order valence-electron chi connectivity index (χ2n) is 12.3. The number of carbonyl (C=O) groups excluding carboxylic acids is 1. The van der Waals surface area contributed by atoms with Gasteiger partial charge in [0.2, 0.25) is 10.0 Å². The van der Waals surface area contributed by atoms with Crippen LogP contribution >= 0.6 is 11.6 Å². The van der Waals surface area contributed by atoms with Gasteiger partial charge in [0, 0.05) is 35.4 Å². The van der Waals surface area contributed by atoms with E-state index in [1.165, 1.54) is 0 Å². The van der Waals surface area contributed by atoms with Crippen LogP contribution in [0.25, 0.3) is 0 Å². The Morgan fingerprint density at radius 3 is 2.32 bits per heavy atom. The maximum Gasteiger partial charge on any atom is 0.389 e. The molecule has 0 aromatic heterocycles. The number of Topliss-reactive ketones (excluding diaryl/α,β-unsaturated/α-hetero) is 1. The molecule has 1 N–H and O–H groups in total. The fraction of sp³-hybridized carbons (Fsp3) is 0.704. The van der Waals surface area contributed by atoms with Gasteiger partial charge < -0.3 is 5.32 Å². The van der Waals surface area contributed by atoms with Crippen molar-refractivity contribution in [2.45, 2.75) is 113 Å². The van der Waals surface area contributed by atoms with Gasteiger partial charge in [-0.3, -0.25) is 9.79 Å². The van der Waals surface area contributed by atoms with E-state index in [0.29, 0.717) is 43.0 Å². The van der Waals surface area contributed by atoms with E-state index in [9.17, 15) is 26.4 Å². The van der Waals surface area contributed by atoms with Gasteiger partial charge in [0.25, 0.3) is 0 Å². The lowest BCUT2D eigenvalue weighted by Gasteiger charge is -2.73. The van der Waals surface area contributed by atoms with Gasteiger partial charge in [-0.15, -0.1) is 0 Å². The number of benzene rings is 1. The minimum atomic E-state index is -4.28. The van der Waals surface area contributed by atoms with Crippen molar-refractivity contribution in [2.24, 2.45) is 10.4 Å². The molecule has 4 fully saturated rings. The quantitative estimate of drug-likeness (QED) is 0.384. The number of halogens is 4. The molecule has 4 aliphatic carbocycles. The maximum atomic E-state index is 13.8. The van der Waals surface area contributed by atoms with Crippen LogP contribution in [0, 0.1) is 5.41 Å². The number of nitrogens with one attached hydrogen (secondary N) is 1. The Morgan fingerprint density at radius 2 is 1.74 bits per heavy atom. The third-order valence-corrected chi connectivity index (χ3v) is 11.6. The predicted molar refractivity (Wildman–Crippen MR) is 141 cm³/mol. The van der Waals surface area contributed by atoms with Crippen LogP contribution in [-0.2, 0) is 21.4 Å². The Bertz CT molecular complexity index is 1200. The molecule has 1 aromatic carbocycles. The smallest absolute Gasteiger partial charge is 0.366 e. The highest BCUT2D eigenvalue weighted by atomic mass is 35.5. The molecule has 1 heterocycles. The Morgan fingerprint density at radius 1 is 1.13 bits per heavy atom. The molecular weight excluding hydrogens is 539 g/mol. The van der Waals surface area contributed by atoms with E-state index in [4.69, 9.17) is 16.6 Å². The van der Waals surface area contributed by atoms with Crippen molar-refractivity contribution < 1.29 is 26.4 Å². The van der Waals surface area contributed by atoms with Crippen molar-refractivity contribution in [3.8, 4) is 0 Å². The van der Waals surface area contributed by atoms with Crippen LogP contribution in [0.1, 0.15) is 83.6 Å². The molecule has 1 aliphatic heterocycles. The molecule has 210 valence electrons. The first-order chi connectivity index (χ1) is 17.7. The number of ketones is 1. The maximum absolute atomic E-state index is 13.8. The third kappa shape index (κ3) is 5.01. The molecule has 0 unspecified atom stereocenters. The Hall–Kier alpha value is -1.65. The monoisotopic (exact) mass is 573 g/mol. The van der Waals surface area contributed by atoms with Crippen LogP contribution in [-0.4, -0.2) is 52.9 Å². The van der Waals surface area contributed by atoms with Crippen molar-refractivity contribution in [3.63, 3.8) is 0 Å². The average molecular weight is 574 g/mol. The molecule has 0 amide bonds. The third-order valence-electron chi connectivity index (χ3n) is 8.87. The van der Waals surface area contributed by atoms with Crippen LogP contribution < -0.4 is 5.32 Å². The van der Waals surface area contributed by atoms with Gasteiger partial charge in [-0.2, -0.15) is 17.5 Å². The lowest BCUT2D eigenvalue weighted by Crippen LogP contribution is -2.79. The first-order valence-corrected chi connectivity index (χ1v) is 15.3. The summed E-state index contributed by atoms with van der Waals surface area (Å²) in [6, 6.07) is 6.52. The number of amidine groups is 1. The molecule has 1 atom stereocenters. The van der Waals surface area contributed by atoms with E-state index in [1.807, 2.05) is 26.0 Å². The Labute approximate surface area is 227 Å². The molecule has 11 heteroatoms. The normalized spacial score (nSPS) is 30.5. The van der Waals surface area contributed by atoms with Gasteiger partial charge in [0.1, 0.15) is 11.9 Å². The van der Waals surface area contributed by atoms with Gasteiger partial charge >= 0.3 is 6.18 Å². The van der Waals surface area contributed by atoms with Crippen molar-refractivity contribution in [3.05, 3.63) is 34.9 Å². The summed E-state index contributed by atoms with van der Waals surface area (Å²) in [5.41, 5.74) is -0.616. The minimum absolute atomic E-state index is 0.169. The summed E-state index contributed by atoms with van der Waals surface area (Å²) in [5.74, 6) is 0.402. The lowest BCUT2D eigenvalue weighted by molar-refractivity contribution is -0.151. The van der Waals surface area contributed by atoms with Crippen LogP contribution in [0.2, 0.25) is 5.02 Å². The number of sulfonamides is 1. The summed E-state index contributed by atoms with van der Waals surface area (Å²) in [7, 11) is -3.52. The van der Waals surface area contributed by atoms with Gasteiger partial charge in [0.05, 0.1) is 10.8 Å². The van der Waals surface area contributed by atoms with E-state index >= 15 is 0 Å².